The van der Waals surface area contributed by atoms with Gasteiger partial charge in [0.15, 0.2) is 37.7 Å². The van der Waals surface area contributed by atoms with Gasteiger partial charge in [0.2, 0.25) is 0 Å². The smallest absolute Gasteiger partial charge is 0.314 e. The summed E-state index contributed by atoms with van der Waals surface area (Å²) in [5, 5.41) is 176. The van der Waals surface area contributed by atoms with Gasteiger partial charge in [-0.2, -0.15) is 0 Å². The lowest BCUT2D eigenvalue weighted by Crippen LogP contribution is -2.67. The monoisotopic (exact) mass is 1390 g/mol. The van der Waals surface area contributed by atoms with Crippen LogP contribution in [0.15, 0.2) is 35.5 Å². The molecule has 97 heavy (non-hydrogen) atoms. The first-order chi connectivity index (χ1) is 45.8. The summed E-state index contributed by atoms with van der Waals surface area (Å²) in [5.41, 5.74) is -1.25. The maximum Gasteiger partial charge on any atom is 0.314 e. The number of carbonyl (C=O) groups is 2. The fourth-order valence-electron chi connectivity index (χ4n) is 17.8. The predicted molar refractivity (Wildman–Crippen MR) is 321 cm³/mol. The van der Waals surface area contributed by atoms with Crippen molar-refractivity contribution in [3.05, 3.63) is 35.5 Å². The summed E-state index contributed by atoms with van der Waals surface area (Å²) < 4.78 is 83.6. The van der Waals surface area contributed by atoms with E-state index in [1.807, 2.05) is 34.6 Å². The number of ketones is 1. The first-order valence-corrected chi connectivity index (χ1v) is 33.5. The van der Waals surface area contributed by atoms with Crippen molar-refractivity contribution in [1.29, 1.82) is 0 Å². The van der Waals surface area contributed by atoms with E-state index in [1.54, 1.807) is 0 Å². The summed E-state index contributed by atoms with van der Waals surface area (Å²) in [6, 6.07) is 0. The van der Waals surface area contributed by atoms with Crippen molar-refractivity contribution in [3.8, 4) is 0 Å². The highest BCUT2D eigenvalue weighted by atomic mass is 16.8. The largest absolute Gasteiger partial charge is 0.458 e. The second kappa shape index (κ2) is 29.0. The molecule has 9 fully saturated rings. The number of ether oxygens (including phenoxy) is 14. The Hall–Kier alpha value is -2.80. The number of carbonyl (C=O) groups excluding carboxylic acids is 2. The molecule has 32 nitrogen and oxygen atoms in total. The molecule has 7 aliphatic heterocycles. The molecule has 32 heteroatoms. The molecule has 11 rings (SSSR count). The number of cyclic esters (lactones) is 1. The van der Waals surface area contributed by atoms with Crippen LogP contribution in [0.2, 0.25) is 0 Å². The molecule has 0 bridgehead atoms. The number of hydrogen-bond donors (Lipinski definition) is 16. The van der Waals surface area contributed by atoms with Gasteiger partial charge >= 0.3 is 5.97 Å². The summed E-state index contributed by atoms with van der Waals surface area (Å²) in [6.45, 7) is 11.5. The minimum atomic E-state index is -2.15. The Labute approximate surface area is 560 Å². The highest BCUT2D eigenvalue weighted by molar-refractivity contribution is 6.00. The summed E-state index contributed by atoms with van der Waals surface area (Å²) in [7, 11) is 1.18. The number of allylic oxidation sites excluding steroid dienone is 5. The molecule has 0 radical (unpaired) electrons. The average molecular weight is 1390 g/mol. The van der Waals surface area contributed by atoms with Crippen LogP contribution in [0.4, 0.5) is 0 Å². The zero-order valence-corrected chi connectivity index (χ0v) is 55.3. The van der Waals surface area contributed by atoms with Gasteiger partial charge in [-0.3, -0.25) is 9.59 Å². The van der Waals surface area contributed by atoms with Gasteiger partial charge in [-0.25, -0.2) is 0 Å². The van der Waals surface area contributed by atoms with E-state index in [9.17, 15) is 91.3 Å². The number of aliphatic hydroxyl groups is 16. The third-order valence-electron chi connectivity index (χ3n) is 23.2. The van der Waals surface area contributed by atoms with Crippen molar-refractivity contribution in [2.75, 3.05) is 46.8 Å². The molecule has 16 N–H and O–H groups in total. The molecule has 552 valence electrons. The van der Waals surface area contributed by atoms with Gasteiger partial charge in [0, 0.05) is 18.9 Å². The van der Waals surface area contributed by atoms with Gasteiger partial charge in [0.25, 0.3) is 0 Å². The maximum atomic E-state index is 14.5. The van der Waals surface area contributed by atoms with Gasteiger partial charge in [-0.1, -0.05) is 45.4 Å². The molecule has 7 heterocycles. The van der Waals surface area contributed by atoms with Crippen LogP contribution in [0, 0.1) is 33.5 Å². The topological polar surface area (TPSA) is 487 Å². The quantitative estimate of drug-likeness (QED) is 0.0378. The number of rotatable bonds is 21. The Morgan fingerprint density at radius 2 is 1.09 bits per heavy atom. The molecule has 35 atom stereocenters. The summed E-state index contributed by atoms with van der Waals surface area (Å²) >= 11 is 0. The number of Topliss-reactive ketones (excluding diaryl/α,β-unsaturated/α-hetero) is 1. The van der Waals surface area contributed by atoms with Crippen LogP contribution in [0.5, 0.6) is 0 Å². The Morgan fingerprint density at radius 3 is 1.72 bits per heavy atom. The van der Waals surface area contributed by atoms with Gasteiger partial charge in [-0.05, 0) is 86.7 Å². The van der Waals surface area contributed by atoms with Gasteiger partial charge in [0.1, 0.15) is 146 Å². The SMILES string of the molecule is C=C(C)CCC[C@@]1(C)OC(=O)[C@]23CC=C4C(=CC[C@H]5C(C)(C)[C@@H](O[C@@H]6OC[C@@H](O[C@@H]7O[C@H](CO)[C@@H](O)[C@H](O[C@@H]8O[C@H](CO)[C@@H](O)[C@H](O)[C@H]8O)[C@H]7O)[C@H](O)[C@H]6O[C@@H]6O[C@H](CO)[C@@H](O[C@@H]7OC[C@@H](O)[C@H](O[C@@H]8O[C@H](CO)[C@@H](O)[C@H](OC)[C@H]8O)[C@H]7O)[C@H](O)[C@H]6O)CC[C@]45C)[C@@]2(C)CC(=O)[C@@H]13. The first-order valence-electron chi connectivity index (χ1n) is 33.5. The third-order valence-corrected chi connectivity index (χ3v) is 23.2. The Morgan fingerprint density at radius 1 is 0.557 bits per heavy atom. The van der Waals surface area contributed by atoms with E-state index in [-0.39, 0.29) is 24.1 Å². The minimum absolute atomic E-state index is 0.000333. The van der Waals surface area contributed by atoms with Crippen molar-refractivity contribution in [2.24, 2.45) is 33.5 Å². The molecular formula is C65H100O32. The Balaban J connectivity index is 0.838. The molecule has 0 aromatic heterocycles. The second-order valence-electron chi connectivity index (χ2n) is 29.6. The van der Waals surface area contributed by atoms with Crippen molar-refractivity contribution >= 4 is 11.8 Å². The van der Waals surface area contributed by atoms with Crippen molar-refractivity contribution < 1.29 is 158 Å². The summed E-state index contributed by atoms with van der Waals surface area (Å²) in [4.78, 5) is 29.0. The molecule has 1 spiro atoms. The van der Waals surface area contributed by atoms with Gasteiger partial charge in [0.05, 0.1) is 57.1 Å². The minimum Gasteiger partial charge on any atom is -0.458 e. The second-order valence-corrected chi connectivity index (χ2v) is 29.6. The van der Waals surface area contributed by atoms with Crippen LogP contribution in [-0.4, -0.2) is 324 Å². The van der Waals surface area contributed by atoms with E-state index in [4.69, 9.17) is 66.3 Å². The van der Waals surface area contributed by atoms with Gasteiger partial charge < -0.3 is 148 Å². The summed E-state index contributed by atoms with van der Waals surface area (Å²) in [5.74, 6) is -1.17. The van der Waals surface area contributed by atoms with Gasteiger partial charge in [-0.15, -0.1) is 6.58 Å². The van der Waals surface area contributed by atoms with Crippen molar-refractivity contribution in [1.82, 2.24) is 0 Å². The molecule has 0 unspecified atom stereocenters. The molecular weight excluding hydrogens is 1290 g/mol. The highest BCUT2D eigenvalue weighted by Crippen LogP contribution is 2.74. The van der Waals surface area contributed by atoms with Crippen molar-refractivity contribution in [3.63, 3.8) is 0 Å². The first kappa shape index (κ1) is 75.4. The summed E-state index contributed by atoms with van der Waals surface area (Å²) in [6.07, 6.45) is -42.4. The lowest BCUT2D eigenvalue weighted by molar-refractivity contribution is -0.396. The molecule has 11 aliphatic rings. The van der Waals surface area contributed by atoms with E-state index in [1.165, 1.54) is 7.11 Å². The highest BCUT2D eigenvalue weighted by Gasteiger charge is 2.78. The lowest BCUT2D eigenvalue weighted by Gasteiger charge is -2.61. The number of methoxy groups -OCH3 is 1. The zero-order chi connectivity index (χ0) is 70.5. The molecule has 4 aliphatic carbocycles. The van der Waals surface area contributed by atoms with E-state index in [0.29, 0.717) is 38.5 Å². The van der Waals surface area contributed by atoms with Crippen LogP contribution in [0.25, 0.3) is 0 Å². The normalized spacial score (nSPS) is 51.3. The number of hydrogen-bond acceptors (Lipinski definition) is 32. The van der Waals surface area contributed by atoms with Crippen LogP contribution in [0.3, 0.4) is 0 Å². The molecule has 2 saturated carbocycles. The zero-order valence-electron chi connectivity index (χ0n) is 55.3. The van der Waals surface area contributed by atoms with Crippen LogP contribution >= 0.6 is 0 Å². The third kappa shape index (κ3) is 13.0. The number of aliphatic hydroxyl groups excluding tert-OH is 16. The number of fused-ring (bicyclic) bond motifs is 4. The number of esters is 1. The lowest BCUT2D eigenvalue weighted by atomic mass is 9.44. The molecule has 0 aromatic rings. The Kier molecular flexibility index (Phi) is 22.6. The predicted octanol–water partition coefficient (Wildman–Crippen LogP) is -5.03. The van der Waals surface area contributed by atoms with E-state index in [2.05, 4.69) is 25.7 Å². The Bertz CT molecular complexity index is 2840. The fourth-order valence-corrected chi connectivity index (χ4v) is 17.8. The van der Waals surface area contributed by atoms with Crippen LogP contribution in [-0.2, 0) is 75.9 Å². The maximum absolute atomic E-state index is 14.5. The van der Waals surface area contributed by atoms with E-state index < -0.39 is 251 Å². The molecule has 7 saturated heterocycles. The van der Waals surface area contributed by atoms with Crippen LogP contribution < -0.4 is 0 Å². The van der Waals surface area contributed by atoms with E-state index in [0.717, 1.165) is 23.1 Å². The average Bonchev–Trinajstić information content (AvgIpc) is 1.52. The standard InChI is InChI=1S/C65H100O32/c1-25(2)10-9-15-64(7)53-28(70)18-63(6)27-11-12-35-61(3,4)36(14-16-62(35,5)26(27)13-17-65(53,63)60(83)97-64)92-59-52(40(75)34(24-86-59)91-57-47(82)51(39(74)32(21-68)88-57)95-55-43(78)41(76)37(72)30(19-66)87-55)96-56-44(79)42(77)49(33(22-69)90-56)94-54-45(80)48(29(71)23-85-54)93-58-46(81)50(84-8)38(73)31(20-67)89-58/h11,13,29-59,66-69,71-82H,1,9-10,12,14-24H2,2-8H3/t29-,30-,31-,32-,33-,34-,35+,36+,37-,38-,39-,40+,41+,42-,43-,44-,45-,46-,47-,48+,49-,50+,51+,52-,53+,54+,55+,56+,57+,58+,59+,62-,63-,64-,65-/m1/s1. The van der Waals surface area contributed by atoms with Crippen molar-refractivity contribution in [2.45, 2.75) is 277 Å². The van der Waals surface area contributed by atoms with E-state index >= 15 is 0 Å². The fraction of sp³-hybridized carbons (Fsp3) is 0.877. The molecule has 0 amide bonds. The van der Waals surface area contributed by atoms with Crippen LogP contribution in [0.1, 0.15) is 92.9 Å². The molecule has 0 aromatic carbocycles.